The third kappa shape index (κ3) is 4.51. The highest BCUT2D eigenvalue weighted by Crippen LogP contribution is 2.29. The number of primary amides is 1. The van der Waals surface area contributed by atoms with E-state index in [2.05, 4.69) is 26.2 Å². The average molecular weight is 397 g/mol. The Morgan fingerprint density at radius 3 is 2.48 bits per heavy atom. The van der Waals surface area contributed by atoms with E-state index >= 15 is 0 Å². The van der Waals surface area contributed by atoms with E-state index in [9.17, 15) is 4.79 Å². The van der Waals surface area contributed by atoms with Crippen molar-refractivity contribution in [3.05, 3.63) is 36.0 Å². The molecule has 4 rings (SSSR count). The predicted molar refractivity (Wildman–Crippen MR) is 113 cm³/mol. The van der Waals surface area contributed by atoms with Crippen molar-refractivity contribution in [2.75, 3.05) is 67.6 Å². The summed E-state index contributed by atoms with van der Waals surface area (Å²) in [6.45, 7) is 7.75. The number of carbonyl (C=O) groups excluding carboxylic acids is 1. The number of ether oxygens (including phenoxy) is 1. The van der Waals surface area contributed by atoms with Crippen LogP contribution in [0.5, 0.6) is 0 Å². The van der Waals surface area contributed by atoms with Gasteiger partial charge in [0.1, 0.15) is 5.82 Å². The highest BCUT2D eigenvalue weighted by atomic mass is 16.5. The number of urea groups is 1. The van der Waals surface area contributed by atoms with Crippen LogP contribution in [-0.2, 0) is 4.74 Å². The minimum absolute atomic E-state index is 0.370. The van der Waals surface area contributed by atoms with E-state index in [0.717, 1.165) is 49.2 Å². The summed E-state index contributed by atoms with van der Waals surface area (Å²) in [6, 6.07) is 9.79. The number of benzene rings is 1. The maximum atomic E-state index is 11.4. The van der Waals surface area contributed by atoms with Gasteiger partial charge < -0.3 is 30.5 Å². The number of nitrogens with zero attached hydrogens (tertiary/aromatic N) is 5. The summed E-state index contributed by atoms with van der Waals surface area (Å²) in [7, 11) is 0. The summed E-state index contributed by atoms with van der Waals surface area (Å²) >= 11 is 0. The van der Waals surface area contributed by atoms with Crippen molar-refractivity contribution in [2.24, 2.45) is 5.73 Å². The molecule has 1 aromatic heterocycles. The number of anilines is 4. The van der Waals surface area contributed by atoms with Crippen molar-refractivity contribution in [1.29, 1.82) is 0 Å². The van der Waals surface area contributed by atoms with E-state index in [1.165, 1.54) is 0 Å². The molecule has 1 aromatic carbocycles. The third-order valence-electron chi connectivity index (χ3n) is 5.26. The smallest absolute Gasteiger partial charge is 0.314 e. The molecule has 0 aliphatic carbocycles. The summed E-state index contributed by atoms with van der Waals surface area (Å²) in [5.74, 6) is 1.42. The lowest BCUT2D eigenvalue weighted by Crippen LogP contribution is -2.50. The number of hydrogen-bond acceptors (Lipinski definition) is 7. The molecule has 2 aromatic rings. The van der Waals surface area contributed by atoms with Gasteiger partial charge in [-0.05, 0) is 19.1 Å². The maximum absolute atomic E-state index is 11.4. The Balaban J connectivity index is 1.53. The van der Waals surface area contributed by atoms with E-state index < -0.39 is 0 Å². The summed E-state index contributed by atoms with van der Waals surface area (Å²) in [6.07, 6.45) is 0. The lowest BCUT2D eigenvalue weighted by atomic mass is 10.2. The van der Waals surface area contributed by atoms with Crippen LogP contribution in [0.15, 0.2) is 30.3 Å². The van der Waals surface area contributed by atoms with Crippen molar-refractivity contribution in [2.45, 2.75) is 6.92 Å². The molecule has 2 amide bonds. The molecule has 2 aliphatic rings. The van der Waals surface area contributed by atoms with Gasteiger partial charge in [-0.3, -0.25) is 0 Å². The molecule has 9 heteroatoms. The topological polar surface area (TPSA) is 99.8 Å². The van der Waals surface area contributed by atoms with Gasteiger partial charge >= 0.3 is 6.03 Å². The molecular formula is C20H27N7O2. The number of amides is 2. The van der Waals surface area contributed by atoms with E-state index in [1.54, 1.807) is 4.90 Å². The molecule has 29 heavy (non-hydrogen) atoms. The predicted octanol–water partition coefficient (Wildman–Crippen LogP) is 1.57. The quantitative estimate of drug-likeness (QED) is 0.808. The van der Waals surface area contributed by atoms with Crippen molar-refractivity contribution < 1.29 is 9.53 Å². The number of carbonyl (C=O) groups is 1. The molecule has 2 saturated heterocycles. The van der Waals surface area contributed by atoms with Crippen molar-refractivity contribution in [3.63, 3.8) is 0 Å². The second kappa shape index (κ2) is 8.52. The Kier molecular flexibility index (Phi) is 5.66. The van der Waals surface area contributed by atoms with Crippen LogP contribution in [0, 0.1) is 6.92 Å². The molecule has 9 nitrogen and oxygen atoms in total. The number of rotatable bonds is 4. The van der Waals surface area contributed by atoms with E-state index in [0.29, 0.717) is 32.1 Å². The number of morpholine rings is 1. The molecule has 2 aliphatic heterocycles. The zero-order chi connectivity index (χ0) is 20.2. The molecule has 2 fully saturated rings. The van der Waals surface area contributed by atoms with Crippen molar-refractivity contribution in [1.82, 2.24) is 14.9 Å². The third-order valence-corrected chi connectivity index (χ3v) is 5.26. The molecule has 3 N–H and O–H groups in total. The van der Waals surface area contributed by atoms with Crippen molar-refractivity contribution >= 4 is 29.2 Å². The Hall–Kier alpha value is -3.07. The van der Waals surface area contributed by atoms with Gasteiger partial charge in [-0.15, -0.1) is 0 Å². The number of aryl methyl sites for hydroxylation is 1. The van der Waals surface area contributed by atoms with Crippen LogP contribution >= 0.6 is 0 Å². The molecular weight excluding hydrogens is 370 g/mol. The Bertz CT molecular complexity index is 862. The number of para-hydroxylation sites is 2. The van der Waals surface area contributed by atoms with E-state index in [4.69, 9.17) is 15.5 Å². The summed E-state index contributed by atoms with van der Waals surface area (Å²) < 4.78 is 5.48. The van der Waals surface area contributed by atoms with Gasteiger partial charge in [-0.1, -0.05) is 12.1 Å². The maximum Gasteiger partial charge on any atom is 0.314 e. The lowest BCUT2D eigenvalue weighted by Gasteiger charge is -2.34. The zero-order valence-corrected chi connectivity index (χ0v) is 16.7. The average Bonchev–Trinajstić information content (AvgIpc) is 2.74. The first-order chi connectivity index (χ1) is 14.1. The zero-order valence-electron chi connectivity index (χ0n) is 16.7. The second-order valence-electron chi connectivity index (χ2n) is 7.25. The molecule has 154 valence electrons. The fraction of sp³-hybridized carbons (Fsp3) is 0.450. The van der Waals surface area contributed by atoms with Crippen LogP contribution in [0.25, 0.3) is 0 Å². The van der Waals surface area contributed by atoms with E-state index in [1.807, 2.05) is 31.2 Å². The highest BCUT2D eigenvalue weighted by molar-refractivity contribution is 5.74. The first kappa shape index (κ1) is 19.3. The van der Waals surface area contributed by atoms with Gasteiger partial charge in [-0.2, -0.15) is 4.98 Å². The Morgan fingerprint density at radius 2 is 1.76 bits per heavy atom. The number of nitrogens with one attached hydrogen (secondary N) is 1. The fourth-order valence-electron chi connectivity index (χ4n) is 3.71. The molecule has 0 atom stereocenters. The lowest BCUT2D eigenvalue weighted by molar-refractivity contribution is 0.123. The minimum atomic E-state index is -0.370. The van der Waals surface area contributed by atoms with Crippen LogP contribution in [0.1, 0.15) is 5.69 Å². The minimum Gasteiger partial charge on any atom is -0.378 e. The van der Waals surface area contributed by atoms with Gasteiger partial charge in [0.15, 0.2) is 0 Å². The van der Waals surface area contributed by atoms with Gasteiger partial charge in [-0.25, -0.2) is 9.78 Å². The van der Waals surface area contributed by atoms with Gasteiger partial charge in [0.25, 0.3) is 0 Å². The van der Waals surface area contributed by atoms with Crippen molar-refractivity contribution in [3.8, 4) is 0 Å². The van der Waals surface area contributed by atoms with Crippen LogP contribution in [-0.4, -0.2) is 73.4 Å². The fourth-order valence-corrected chi connectivity index (χ4v) is 3.71. The molecule has 3 heterocycles. The summed E-state index contributed by atoms with van der Waals surface area (Å²) in [5.41, 5.74) is 8.37. The van der Waals surface area contributed by atoms with Crippen LogP contribution in [0.3, 0.4) is 0 Å². The van der Waals surface area contributed by atoms with Crippen LogP contribution in [0.4, 0.5) is 27.9 Å². The second-order valence-corrected chi connectivity index (χ2v) is 7.25. The van der Waals surface area contributed by atoms with E-state index in [-0.39, 0.29) is 6.03 Å². The normalized spacial score (nSPS) is 17.3. The number of piperazine rings is 1. The first-order valence-corrected chi connectivity index (χ1v) is 9.94. The molecule has 0 spiro atoms. The van der Waals surface area contributed by atoms with Gasteiger partial charge in [0, 0.05) is 51.0 Å². The number of aromatic nitrogens is 2. The SMILES string of the molecule is Cc1cc(N2CCN(C(N)=O)CC2)nc(Nc2ccccc2N2CCOCC2)n1. The Labute approximate surface area is 170 Å². The van der Waals surface area contributed by atoms with Crippen LogP contribution < -0.4 is 20.9 Å². The molecule has 0 unspecified atom stereocenters. The molecule has 0 radical (unpaired) electrons. The standard InChI is InChI=1S/C20H27N7O2/c1-15-14-18(26-6-8-27(9-7-26)19(21)28)24-20(22-15)23-16-4-2-3-5-17(16)25-10-12-29-13-11-25/h2-5,14H,6-13H2,1H3,(H2,21,28)(H,22,23,24). The van der Waals surface area contributed by atoms with Crippen LogP contribution in [0.2, 0.25) is 0 Å². The monoisotopic (exact) mass is 397 g/mol. The summed E-state index contributed by atoms with van der Waals surface area (Å²) in [5, 5.41) is 3.40. The first-order valence-electron chi connectivity index (χ1n) is 9.94. The molecule has 0 bridgehead atoms. The number of hydrogen-bond donors (Lipinski definition) is 2. The largest absolute Gasteiger partial charge is 0.378 e. The highest BCUT2D eigenvalue weighted by Gasteiger charge is 2.21. The van der Waals surface area contributed by atoms with Gasteiger partial charge in [0.2, 0.25) is 5.95 Å². The molecule has 0 saturated carbocycles. The van der Waals surface area contributed by atoms with Gasteiger partial charge in [0.05, 0.1) is 24.6 Å². The summed E-state index contributed by atoms with van der Waals surface area (Å²) in [4.78, 5) is 26.8. The number of nitrogens with two attached hydrogens (primary N) is 1. The Morgan fingerprint density at radius 1 is 1.03 bits per heavy atom.